The second kappa shape index (κ2) is 7.25. The number of aromatic nitrogens is 2. The van der Waals surface area contributed by atoms with E-state index in [0.717, 1.165) is 26.1 Å². The summed E-state index contributed by atoms with van der Waals surface area (Å²) < 4.78 is 2.18. The van der Waals surface area contributed by atoms with Crippen LogP contribution in [0.2, 0.25) is 0 Å². The molecule has 20 heavy (non-hydrogen) atoms. The fourth-order valence-electron chi connectivity index (χ4n) is 2.31. The molecular weight excluding hydrogens is 246 g/mol. The predicted octanol–water partition coefficient (Wildman–Crippen LogP) is 3.09. The summed E-state index contributed by atoms with van der Waals surface area (Å²) in [6.45, 7) is 9.50. The van der Waals surface area contributed by atoms with Crippen LogP contribution in [0.25, 0.3) is 0 Å². The van der Waals surface area contributed by atoms with Crippen molar-refractivity contribution in [3.05, 3.63) is 53.1 Å². The first-order chi connectivity index (χ1) is 9.69. The Morgan fingerprint density at radius 2 is 2.05 bits per heavy atom. The zero-order valence-corrected chi connectivity index (χ0v) is 12.8. The van der Waals surface area contributed by atoms with Crippen LogP contribution in [0.5, 0.6) is 0 Å². The molecule has 0 fully saturated rings. The Bertz CT molecular complexity index is 543. The zero-order valence-electron chi connectivity index (χ0n) is 12.8. The third-order valence-electron chi connectivity index (χ3n) is 3.53. The van der Waals surface area contributed by atoms with Gasteiger partial charge >= 0.3 is 0 Å². The number of rotatable bonds is 7. The fraction of sp³-hybridized carbons (Fsp3) is 0.471. The molecule has 3 nitrogen and oxygen atoms in total. The van der Waals surface area contributed by atoms with Gasteiger partial charge in [0.25, 0.3) is 0 Å². The van der Waals surface area contributed by atoms with Crippen LogP contribution in [0.3, 0.4) is 0 Å². The summed E-state index contributed by atoms with van der Waals surface area (Å²) >= 11 is 0. The van der Waals surface area contributed by atoms with Crippen LogP contribution in [0.1, 0.15) is 35.7 Å². The molecule has 0 unspecified atom stereocenters. The Kier molecular flexibility index (Phi) is 5.36. The second-order valence-corrected chi connectivity index (χ2v) is 5.47. The molecule has 1 aromatic carbocycles. The molecule has 0 spiro atoms. The van der Waals surface area contributed by atoms with Crippen LogP contribution in [-0.4, -0.2) is 22.6 Å². The maximum atomic E-state index is 4.49. The number of nitrogens with one attached hydrogen (secondary N) is 1. The van der Waals surface area contributed by atoms with Gasteiger partial charge in [0, 0.05) is 25.7 Å². The molecule has 1 N–H and O–H groups in total. The molecule has 0 saturated carbocycles. The van der Waals surface area contributed by atoms with Gasteiger partial charge in [-0.15, -0.1) is 0 Å². The van der Waals surface area contributed by atoms with Crippen LogP contribution < -0.4 is 5.32 Å². The topological polar surface area (TPSA) is 29.9 Å². The van der Waals surface area contributed by atoms with Gasteiger partial charge in [-0.3, -0.25) is 0 Å². The van der Waals surface area contributed by atoms with E-state index < -0.39 is 0 Å². The molecule has 0 bridgehead atoms. The lowest BCUT2D eigenvalue weighted by atomic mass is 10.1. The van der Waals surface area contributed by atoms with E-state index in [-0.39, 0.29) is 0 Å². The van der Waals surface area contributed by atoms with Crippen LogP contribution in [-0.2, 0) is 13.0 Å². The quantitative estimate of drug-likeness (QED) is 0.784. The Morgan fingerprint density at radius 3 is 2.85 bits per heavy atom. The van der Waals surface area contributed by atoms with Gasteiger partial charge in [0.05, 0.1) is 12.0 Å². The molecule has 2 aromatic rings. The van der Waals surface area contributed by atoms with Crippen molar-refractivity contribution in [3.63, 3.8) is 0 Å². The Morgan fingerprint density at radius 1 is 1.20 bits per heavy atom. The average molecular weight is 271 g/mol. The highest BCUT2D eigenvalue weighted by molar-refractivity contribution is 5.30. The summed E-state index contributed by atoms with van der Waals surface area (Å²) in [5.74, 6) is 0. The highest BCUT2D eigenvalue weighted by Gasteiger charge is 2.02. The Labute approximate surface area is 122 Å². The minimum absolute atomic E-state index is 0.906. The summed E-state index contributed by atoms with van der Waals surface area (Å²) in [5, 5.41) is 3.41. The van der Waals surface area contributed by atoms with Crippen molar-refractivity contribution >= 4 is 0 Å². The van der Waals surface area contributed by atoms with Crippen LogP contribution >= 0.6 is 0 Å². The minimum atomic E-state index is 0.906. The average Bonchev–Trinajstić information content (AvgIpc) is 2.87. The molecule has 0 aliphatic heterocycles. The van der Waals surface area contributed by atoms with Gasteiger partial charge in [0.15, 0.2) is 0 Å². The number of hydrogen-bond acceptors (Lipinski definition) is 2. The number of nitrogens with zero attached hydrogens (tertiary/aromatic N) is 2. The van der Waals surface area contributed by atoms with E-state index in [1.807, 2.05) is 6.33 Å². The van der Waals surface area contributed by atoms with E-state index in [4.69, 9.17) is 0 Å². The maximum absolute atomic E-state index is 4.49. The van der Waals surface area contributed by atoms with Crippen LogP contribution in [0.4, 0.5) is 0 Å². The SMILES string of the molecule is CCCNCCc1cn(Cc2cc(C)ccc2C)cn1. The summed E-state index contributed by atoms with van der Waals surface area (Å²) in [5.41, 5.74) is 5.20. The molecule has 0 radical (unpaired) electrons. The van der Waals surface area contributed by atoms with Crippen molar-refractivity contribution in [2.24, 2.45) is 0 Å². The van der Waals surface area contributed by atoms with Crippen molar-refractivity contribution in [2.45, 2.75) is 40.2 Å². The van der Waals surface area contributed by atoms with Gasteiger partial charge in [0.2, 0.25) is 0 Å². The highest BCUT2D eigenvalue weighted by Crippen LogP contribution is 2.12. The van der Waals surface area contributed by atoms with E-state index in [1.165, 1.54) is 28.8 Å². The van der Waals surface area contributed by atoms with Crippen molar-refractivity contribution in [1.82, 2.24) is 14.9 Å². The summed E-state index contributed by atoms with van der Waals surface area (Å²) in [6, 6.07) is 6.62. The lowest BCUT2D eigenvalue weighted by Gasteiger charge is -2.07. The van der Waals surface area contributed by atoms with Gasteiger partial charge in [-0.2, -0.15) is 0 Å². The molecule has 2 rings (SSSR count). The zero-order chi connectivity index (χ0) is 14.4. The molecule has 0 aliphatic carbocycles. The van der Waals surface area contributed by atoms with E-state index >= 15 is 0 Å². The van der Waals surface area contributed by atoms with E-state index in [1.54, 1.807) is 0 Å². The first-order valence-electron chi connectivity index (χ1n) is 7.46. The van der Waals surface area contributed by atoms with E-state index in [0.29, 0.717) is 0 Å². The largest absolute Gasteiger partial charge is 0.333 e. The normalized spacial score (nSPS) is 10.9. The van der Waals surface area contributed by atoms with Crippen molar-refractivity contribution in [3.8, 4) is 0 Å². The van der Waals surface area contributed by atoms with Gasteiger partial charge in [-0.1, -0.05) is 30.7 Å². The van der Waals surface area contributed by atoms with Crippen molar-refractivity contribution in [2.75, 3.05) is 13.1 Å². The van der Waals surface area contributed by atoms with E-state index in [2.05, 4.69) is 60.0 Å². The first kappa shape index (κ1) is 14.8. The Balaban J connectivity index is 1.93. The molecule has 1 aromatic heterocycles. The second-order valence-electron chi connectivity index (χ2n) is 5.47. The number of hydrogen-bond donors (Lipinski definition) is 1. The summed E-state index contributed by atoms with van der Waals surface area (Å²) in [7, 11) is 0. The molecule has 0 atom stereocenters. The maximum Gasteiger partial charge on any atom is 0.0952 e. The van der Waals surface area contributed by atoms with Crippen molar-refractivity contribution in [1.29, 1.82) is 0 Å². The predicted molar refractivity (Wildman–Crippen MR) is 84.1 cm³/mol. The lowest BCUT2D eigenvalue weighted by molar-refractivity contribution is 0.666. The van der Waals surface area contributed by atoms with Crippen LogP contribution in [0.15, 0.2) is 30.7 Å². The minimum Gasteiger partial charge on any atom is -0.333 e. The molecule has 0 aliphatic rings. The molecule has 0 saturated heterocycles. The smallest absolute Gasteiger partial charge is 0.0952 e. The molecule has 3 heteroatoms. The standard InChI is InChI=1S/C17H25N3/c1-4-8-18-9-7-17-12-20(13-19-17)11-16-10-14(2)5-6-15(16)3/h5-6,10,12-13,18H,4,7-9,11H2,1-3H3. The molecule has 0 amide bonds. The molecule has 1 heterocycles. The summed E-state index contributed by atoms with van der Waals surface area (Å²) in [6.07, 6.45) is 6.28. The third-order valence-corrected chi connectivity index (χ3v) is 3.53. The monoisotopic (exact) mass is 271 g/mol. The van der Waals surface area contributed by atoms with E-state index in [9.17, 15) is 0 Å². The summed E-state index contributed by atoms with van der Waals surface area (Å²) in [4.78, 5) is 4.49. The van der Waals surface area contributed by atoms with Gasteiger partial charge in [-0.25, -0.2) is 4.98 Å². The first-order valence-corrected chi connectivity index (χ1v) is 7.46. The third kappa shape index (κ3) is 4.20. The number of imidazole rings is 1. The Hall–Kier alpha value is -1.61. The lowest BCUT2D eigenvalue weighted by Crippen LogP contribution is -2.17. The fourth-order valence-corrected chi connectivity index (χ4v) is 2.31. The number of benzene rings is 1. The highest BCUT2D eigenvalue weighted by atomic mass is 15.0. The number of aryl methyl sites for hydroxylation is 2. The molecular formula is C17H25N3. The van der Waals surface area contributed by atoms with Gasteiger partial charge < -0.3 is 9.88 Å². The van der Waals surface area contributed by atoms with Crippen molar-refractivity contribution < 1.29 is 0 Å². The van der Waals surface area contributed by atoms with Gasteiger partial charge in [-0.05, 0) is 37.9 Å². The van der Waals surface area contributed by atoms with Crippen LogP contribution in [0, 0.1) is 13.8 Å². The molecule has 108 valence electrons. The van der Waals surface area contributed by atoms with Gasteiger partial charge in [0.1, 0.15) is 0 Å².